The van der Waals surface area contributed by atoms with Gasteiger partial charge in [0.2, 0.25) is 0 Å². The lowest BCUT2D eigenvalue weighted by atomic mass is 10.00. The van der Waals surface area contributed by atoms with Crippen molar-refractivity contribution in [1.29, 1.82) is 0 Å². The quantitative estimate of drug-likeness (QED) is 0.784. The molecule has 7 heteroatoms. The summed E-state index contributed by atoms with van der Waals surface area (Å²) >= 11 is 3.33. The molecule has 1 fully saturated rings. The molecule has 1 aromatic heterocycles. The zero-order valence-corrected chi connectivity index (χ0v) is 16.0. The number of rotatable bonds is 4. The Morgan fingerprint density at radius 3 is 2.69 bits per heavy atom. The van der Waals surface area contributed by atoms with Gasteiger partial charge in [0.1, 0.15) is 11.4 Å². The van der Waals surface area contributed by atoms with E-state index in [0.29, 0.717) is 23.0 Å². The standard InChI is InChI=1S/C19H20BrN3O3/c1-12-3-2-8-23(11-12)17-16(19(25)26)9-15(10-21-17)22-18(24)13-4-6-14(20)7-5-13/h4-7,9-10,12H,2-3,8,11H2,1H3,(H,22,24)(H,25,26)/t12-/m0/s1. The van der Waals surface area contributed by atoms with Gasteiger partial charge in [-0.1, -0.05) is 22.9 Å². The number of benzene rings is 1. The third kappa shape index (κ3) is 4.22. The van der Waals surface area contributed by atoms with E-state index in [1.165, 1.54) is 12.3 Å². The summed E-state index contributed by atoms with van der Waals surface area (Å²) in [6.07, 6.45) is 3.67. The predicted molar refractivity (Wildman–Crippen MR) is 104 cm³/mol. The molecule has 3 rings (SSSR count). The highest BCUT2D eigenvalue weighted by Crippen LogP contribution is 2.26. The van der Waals surface area contributed by atoms with Crippen LogP contribution in [0.1, 0.15) is 40.5 Å². The van der Waals surface area contributed by atoms with Gasteiger partial charge in [-0.2, -0.15) is 0 Å². The van der Waals surface area contributed by atoms with E-state index in [0.717, 1.165) is 30.4 Å². The molecule has 0 bridgehead atoms. The molecule has 0 aliphatic carbocycles. The van der Waals surface area contributed by atoms with Gasteiger partial charge in [-0.25, -0.2) is 9.78 Å². The van der Waals surface area contributed by atoms with Crippen LogP contribution < -0.4 is 10.2 Å². The Kier molecular flexibility index (Phi) is 5.56. The molecule has 1 aliphatic heterocycles. The highest BCUT2D eigenvalue weighted by Gasteiger charge is 2.23. The Bertz CT molecular complexity index is 823. The molecule has 1 amide bonds. The van der Waals surface area contributed by atoms with Crippen molar-refractivity contribution in [3.63, 3.8) is 0 Å². The molecule has 0 saturated carbocycles. The van der Waals surface area contributed by atoms with Crippen molar-refractivity contribution in [2.24, 2.45) is 5.92 Å². The summed E-state index contributed by atoms with van der Waals surface area (Å²) in [5.41, 5.74) is 0.954. The van der Waals surface area contributed by atoms with Gasteiger partial charge in [-0.3, -0.25) is 4.79 Å². The lowest BCUT2D eigenvalue weighted by Gasteiger charge is -2.32. The number of pyridine rings is 1. The summed E-state index contributed by atoms with van der Waals surface area (Å²) in [5.74, 6) is -0.393. The monoisotopic (exact) mass is 417 g/mol. The molecule has 6 nitrogen and oxygen atoms in total. The van der Waals surface area contributed by atoms with Gasteiger partial charge >= 0.3 is 5.97 Å². The van der Waals surface area contributed by atoms with Gasteiger partial charge in [0.15, 0.2) is 0 Å². The number of hydrogen-bond acceptors (Lipinski definition) is 4. The van der Waals surface area contributed by atoms with Crippen LogP contribution in [0.25, 0.3) is 0 Å². The number of carboxylic acids is 1. The lowest BCUT2D eigenvalue weighted by molar-refractivity contribution is 0.0696. The molecular weight excluding hydrogens is 398 g/mol. The highest BCUT2D eigenvalue weighted by molar-refractivity contribution is 9.10. The van der Waals surface area contributed by atoms with Crippen molar-refractivity contribution in [2.75, 3.05) is 23.3 Å². The fourth-order valence-corrected chi connectivity index (χ4v) is 3.39. The number of halogens is 1. The predicted octanol–water partition coefficient (Wildman–Crippen LogP) is 4.03. The van der Waals surface area contributed by atoms with Gasteiger partial charge in [0, 0.05) is 23.1 Å². The van der Waals surface area contributed by atoms with Crippen LogP contribution in [-0.2, 0) is 0 Å². The number of carboxylic acid groups (broad SMARTS) is 1. The Morgan fingerprint density at radius 2 is 2.04 bits per heavy atom. The molecular formula is C19H20BrN3O3. The number of nitrogens with one attached hydrogen (secondary N) is 1. The fourth-order valence-electron chi connectivity index (χ4n) is 3.12. The van der Waals surface area contributed by atoms with Gasteiger partial charge in [-0.15, -0.1) is 0 Å². The Balaban J connectivity index is 1.83. The van der Waals surface area contributed by atoms with Crippen molar-refractivity contribution in [3.05, 3.63) is 52.1 Å². The summed E-state index contributed by atoms with van der Waals surface area (Å²) in [5, 5.41) is 12.3. The summed E-state index contributed by atoms with van der Waals surface area (Å²) in [4.78, 5) is 30.4. The maximum atomic E-state index is 12.3. The van der Waals surface area contributed by atoms with Crippen LogP contribution in [-0.4, -0.2) is 35.1 Å². The zero-order chi connectivity index (χ0) is 18.7. The molecule has 2 N–H and O–H groups in total. The normalized spacial score (nSPS) is 17.0. The second-order valence-electron chi connectivity index (χ2n) is 6.55. The number of anilines is 2. The number of amides is 1. The Labute approximate surface area is 160 Å². The van der Waals surface area contributed by atoms with Gasteiger partial charge in [-0.05, 0) is 49.1 Å². The van der Waals surface area contributed by atoms with Crippen LogP contribution in [0.5, 0.6) is 0 Å². The average Bonchev–Trinajstić information content (AvgIpc) is 2.62. The maximum absolute atomic E-state index is 12.3. The first-order chi connectivity index (χ1) is 12.4. The SMILES string of the molecule is C[C@H]1CCCN(c2ncc(NC(=O)c3ccc(Br)cc3)cc2C(=O)O)C1. The van der Waals surface area contributed by atoms with Crippen molar-refractivity contribution >= 4 is 39.3 Å². The van der Waals surface area contributed by atoms with E-state index in [1.54, 1.807) is 24.3 Å². The Morgan fingerprint density at radius 1 is 1.31 bits per heavy atom. The molecule has 1 saturated heterocycles. The van der Waals surface area contributed by atoms with E-state index in [1.807, 2.05) is 4.90 Å². The van der Waals surface area contributed by atoms with E-state index in [9.17, 15) is 14.7 Å². The van der Waals surface area contributed by atoms with E-state index >= 15 is 0 Å². The minimum absolute atomic E-state index is 0.104. The smallest absolute Gasteiger partial charge is 0.339 e. The number of carbonyl (C=O) groups is 2. The average molecular weight is 418 g/mol. The van der Waals surface area contributed by atoms with Crippen LogP contribution in [0.3, 0.4) is 0 Å². The van der Waals surface area contributed by atoms with Crippen LogP contribution in [0, 0.1) is 5.92 Å². The number of hydrogen-bond donors (Lipinski definition) is 2. The molecule has 1 atom stereocenters. The number of aromatic carboxylic acids is 1. The van der Waals surface area contributed by atoms with E-state index in [-0.39, 0.29) is 11.5 Å². The first-order valence-corrected chi connectivity index (χ1v) is 9.28. The summed E-state index contributed by atoms with van der Waals surface area (Å²) < 4.78 is 0.879. The fraction of sp³-hybridized carbons (Fsp3) is 0.316. The zero-order valence-electron chi connectivity index (χ0n) is 14.4. The molecule has 0 unspecified atom stereocenters. The molecule has 1 aliphatic rings. The van der Waals surface area contributed by atoms with Crippen molar-refractivity contribution in [1.82, 2.24) is 4.98 Å². The number of piperidine rings is 1. The lowest BCUT2D eigenvalue weighted by Crippen LogP contribution is -2.36. The van der Waals surface area contributed by atoms with Crippen molar-refractivity contribution < 1.29 is 14.7 Å². The molecule has 0 spiro atoms. The first-order valence-electron chi connectivity index (χ1n) is 8.49. The number of aromatic nitrogens is 1. The van der Waals surface area contributed by atoms with Crippen LogP contribution >= 0.6 is 15.9 Å². The first kappa shape index (κ1) is 18.4. The molecule has 2 aromatic rings. The summed E-state index contributed by atoms with van der Waals surface area (Å²) in [6, 6.07) is 8.40. The van der Waals surface area contributed by atoms with Crippen molar-refractivity contribution in [2.45, 2.75) is 19.8 Å². The molecule has 1 aromatic carbocycles. The molecule has 2 heterocycles. The Hall–Kier alpha value is -2.41. The van der Waals surface area contributed by atoms with Crippen LogP contribution in [0.4, 0.5) is 11.5 Å². The highest BCUT2D eigenvalue weighted by atomic mass is 79.9. The third-order valence-corrected chi connectivity index (χ3v) is 4.95. The summed E-state index contributed by atoms with van der Waals surface area (Å²) in [7, 11) is 0. The maximum Gasteiger partial charge on any atom is 0.339 e. The molecule has 0 radical (unpaired) electrons. The topological polar surface area (TPSA) is 82.5 Å². The minimum atomic E-state index is -1.05. The minimum Gasteiger partial charge on any atom is -0.478 e. The second-order valence-corrected chi connectivity index (χ2v) is 7.47. The second kappa shape index (κ2) is 7.86. The number of carbonyl (C=O) groups excluding carboxylic acids is 1. The van der Waals surface area contributed by atoms with Gasteiger partial charge in [0.05, 0.1) is 11.9 Å². The molecule has 26 heavy (non-hydrogen) atoms. The van der Waals surface area contributed by atoms with E-state index in [4.69, 9.17) is 0 Å². The van der Waals surface area contributed by atoms with Crippen LogP contribution in [0.15, 0.2) is 41.0 Å². The third-order valence-electron chi connectivity index (χ3n) is 4.42. The van der Waals surface area contributed by atoms with E-state index in [2.05, 4.69) is 33.2 Å². The molecule has 136 valence electrons. The van der Waals surface area contributed by atoms with Gasteiger partial charge in [0.25, 0.3) is 5.91 Å². The van der Waals surface area contributed by atoms with Crippen molar-refractivity contribution in [3.8, 4) is 0 Å². The van der Waals surface area contributed by atoms with Crippen LogP contribution in [0.2, 0.25) is 0 Å². The largest absolute Gasteiger partial charge is 0.478 e. The van der Waals surface area contributed by atoms with Gasteiger partial charge < -0.3 is 15.3 Å². The summed E-state index contributed by atoms with van der Waals surface area (Å²) in [6.45, 7) is 3.74. The number of nitrogens with zero attached hydrogens (tertiary/aromatic N) is 2. The van der Waals surface area contributed by atoms with E-state index < -0.39 is 5.97 Å².